The van der Waals surface area contributed by atoms with Gasteiger partial charge in [-0.15, -0.1) is 0 Å². The van der Waals surface area contributed by atoms with Crippen molar-refractivity contribution in [3.05, 3.63) is 90.5 Å². The van der Waals surface area contributed by atoms with Crippen LogP contribution in [0, 0.1) is 0 Å². The molecule has 4 rings (SSSR count). The molecule has 0 bridgehead atoms. The third-order valence-electron chi connectivity index (χ3n) is 4.27. The summed E-state index contributed by atoms with van der Waals surface area (Å²) < 4.78 is 0. The number of nitrogens with one attached hydrogen (secondary N) is 1. The van der Waals surface area contributed by atoms with Crippen LogP contribution in [0.25, 0.3) is 22.3 Å². The lowest BCUT2D eigenvalue weighted by atomic mass is 10.2. The van der Waals surface area contributed by atoms with E-state index in [0.29, 0.717) is 18.1 Å². The van der Waals surface area contributed by atoms with Crippen LogP contribution in [0.1, 0.15) is 5.56 Å². The SMILES string of the molecule is O=C(CSc1nc(-c2ccccc2)nc2ccccc12)NCc1ccccc1. The summed E-state index contributed by atoms with van der Waals surface area (Å²) in [5.41, 5.74) is 2.92. The standard InChI is InChI=1S/C23H19N3OS/c27-21(24-15-17-9-3-1-4-10-17)16-28-23-19-13-7-8-14-20(19)25-22(26-23)18-11-5-2-6-12-18/h1-14H,15-16H2,(H,24,27). The predicted octanol–water partition coefficient (Wildman–Crippen LogP) is 4.71. The summed E-state index contributed by atoms with van der Waals surface area (Å²) in [6, 6.07) is 27.7. The molecule has 0 aliphatic carbocycles. The Morgan fingerprint density at radius 2 is 1.50 bits per heavy atom. The number of hydrogen-bond donors (Lipinski definition) is 1. The van der Waals surface area contributed by atoms with Crippen LogP contribution in [0.4, 0.5) is 0 Å². The second kappa shape index (κ2) is 8.67. The van der Waals surface area contributed by atoms with E-state index < -0.39 is 0 Å². The highest BCUT2D eigenvalue weighted by atomic mass is 32.2. The van der Waals surface area contributed by atoms with Gasteiger partial charge in [-0.05, 0) is 11.6 Å². The third-order valence-corrected chi connectivity index (χ3v) is 5.26. The molecule has 0 radical (unpaired) electrons. The van der Waals surface area contributed by atoms with Gasteiger partial charge in [-0.2, -0.15) is 0 Å². The molecule has 4 aromatic rings. The van der Waals surface area contributed by atoms with Gasteiger partial charge in [0.05, 0.1) is 11.3 Å². The van der Waals surface area contributed by atoms with Crippen molar-refractivity contribution >= 4 is 28.6 Å². The molecule has 5 heteroatoms. The molecular weight excluding hydrogens is 366 g/mol. The number of fused-ring (bicyclic) bond motifs is 1. The summed E-state index contributed by atoms with van der Waals surface area (Å²) >= 11 is 1.44. The molecule has 0 aliphatic heterocycles. The van der Waals surface area contributed by atoms with E-state index in [1.165, 1.54) is 11.8 Å². The first-order chi connectivity index (χ1) is 13.8. The smallest absolute Gasteiger partial charge is 0.230 e. The van der Waals surface area contributed by atoms with E-state index in [1.807, 2.05) is 84.9 Å². The highest BCUT2D eigenvalue weighted by Gasteiger charge is 2.11. The third kappa shape index (κ3) is 4.38. The quantitative estimate of drug-likeness (QED) is 0.386. The molecular formula is C23H19N3OS. The molecule has 4 nitrogen and oxygen atoms in total. The monoisotopic (exact) mass is 385 g/mol. The second-order valence-corrected chi connectivity index (χ2v) is 7.25. The molecule has 138 valence electrons. The maximum absolute atomic E-state index is 12.3. The molecule has 0 saturated heterocycles. The van der Waals surface area contributed by atoms with Crippen LogP contribution in [-0.4, -0.2) is 21.6 Å². The van der Waals surface area contributed by atoms with Crippen molar-refractivity contribution in [2.24, 2.45) is 0 Å². The molecule has 0 spiro atoms. The first-order valence-corrected chi connectivity index (χ1v) is 10.0. The Kier molecular flexibility index (Phi) is 5.64. The average molecular weight is 385 g/mol. The number of para-hydroxylation sites is 1. The fourth-order valence-electron chi connectivity index (χ4n) is 2.86. The van der Waals surface area contributed by atoms with E-state index in [9.17, 15) is 4.79 Å². The van der Waals surface area contributed by atoms with Gasteiger partial charge in [0.1, 0.15) is 5.03 Å². The minimum absolute atomic E-state index is 0.0159. The predicted molar refractivity (Wildman–Crippen MR) is 114 cm³/mol. The van der Waals surface area contributed by atoms with Crippen molar-refractivity contribution in [3.8, 4) is 11.4 Å². The van der Waals surface area contributed by atoms with Gasteiger partial charge in [0.15, 0.2) is 5.82 Å². The van der Waals surface area contributed by atoms with Crippen LogP contribution in [0.15, 0.2) is 90.0 Å². The van der Waals surface area contributed by atoms with Gasteiger partial charge in [0.25, 0.3) is 0 Å². The van der Waals surface area contributed by atoms with E-state index in [-0.39, 0.29) is 5.91 Å². The van der Waals surface area contributed by atoms with Gasteiger partial charge in [-0.3, -0.25) is 4.79 Å². The van der Waals surface area contributed by atoms with Crippen LogP contribution in [0.3, 0.4) is 0 Å². The number of thioether (sulfide) groups is 1. The Balaban J connectivity index is 1.52. The first kappa shape index (κ1) is 18.2. The maximum Gasteiger partial charge on any atom is 0.230 e. The molecule has 0 atom stereocenters. The molecule has 3 aromatic carbocycles. The van der Waals surface area contributed by atoms with Crippen LogP contribution < -0.4 is 5.32 Å². The normalized spacial score (nSPS) is 10.7. The molecule has 0 saturated carbocycles. The number of carbonyl (C=O) groups is 1. The van der Waals surface area contributed by atoms with E-state index >= 15 is 0 Å². The summed E-state index contributed by atoms with van der Waals surface area (Å²) in [6.07, 6.45) is 0. The van der Waals surface area contributed by atoms with Crippen molar-refractivity contribution in [1.82, 2.24) is 15.3 Å². The molecule has 1 amide bonds. The Hall–Kier alpha value is -3.18. The van der Waals surface area contributed by atoms with E-state index in [0.717, 1.165) is 27.1 Å². The maximum atomic E-state index is 12.3. The molecule has 1 aromatic heterocycles. The summed E-state index contributed by atoms with van der Waals surface area (Å²) in [5.74, 6) is 0.964. The fraction of sp³-hybridized carbons (Fsp3) is 0.0870. The Labute approximate surface area is 168 Å². The number of nitrogens with zero attached hydrogens (tertiary/aromatic N) is 2. The summed E-state index contributed by atoms with van der Waals surface area (Å²) in [6.45, 7) is 0.528. The highest BCUT2D eigenvalue weighted by molar-refractivity contribution is 8.00. The molecule has 28 heavy (non-hydrogen) atoms. The van der Waals surface area contributed by atoms with Gasteiger partial charge in [-0.1, -0.05) is 90.6 Å². The molecule has 0 unspecified atom stereocenters. The zero-order chi connectivity index (χ0) is 19.2. The first-order valence-electron chi connectivity index (χ1n) is 9.05. The average Bonchev–Trinajstić information content (AvgIpc) is 2.77. The largest absolute Gasteiger partial charge is 0.351 e. The van der Waals surface area contributed by atoms with E-state index in [1.54, 1.807) is 0 Å². The van der Waals surface area contributed by atoms with Crippen molar-refractivity contribution in [1.29, 1.82) is 0 Å². The second-order valence-electron chi connectivity index (χ2n) is 6.29. The minimum Gasteiger partial charge on any atom is -0.351 e. The number of hydrogen-bond acceptors (Lipinski definition) is 4. The molecule has 1 heterocycles. The summed E-state index contributed by atoms with van der Waals surface area (Å²) in [5, 5.41) is 4.74. The minimum atomic E-state index is -0.0159. The number of aromatic nitrogens is 2. The van der Waals surface area contributed by atoms with Crippen LogP contribution >= 0.6 is 11.8 Å². The lowest BCUT2D eigenvalue weighted by molar-refractivity contribution is -0.118. The van der Waals surface area contributed by atoms with Gasteiger partial charge < -0.3 is 5.32 Å². The van der Waals surface area contributed by atoms with Gasteiger partial charge >= 0.3 is 0 Å². The van der Waals surface area contributed by atoms with Gasteiger partial charge in [0, 0.05) is 17.5 Å². The van der Waals surface area contributed by atoms with Crippen molar-refractivity contribution in [2.45, 2.75) is 11.6 Å². The van der Waals surface area contributed by atoms with Crippen LogP contribution in [0.2, 0.25) is 0 Å². The Morgan fingerprint density at radius 3 is 2.29 bits per heavy atom. The van der Waals surface area contributed by atoms with E-state index in [4.69, 9.17) is 4.98 Å². The topological polar surface area (TPSA) is 54.9 Å². The number of benzene rings is 3. The Bertz CT molecular complexity index is 1080. The van der Waals surface area contributed by atoms with Crippen molar-refractivity contribution < 1.29 is 4.79 Å². The Morgan fingerprint density at radius 1 is 0.821 bits per heavy atom. The number of amides is 1. The van der Waals surface area contributed by atoms with Crippen LogP contribution in [-0.2, 0) is 11.3 Å². The van der Waals surface area contributed by atoms with Gasteiger partial charge in [0.2, 0.25) is 5.91 Å². The van der Waals surface area contributed by atoms with E-state index in [2.05, 4.69) is 10.3 Å². The zero-order valence-electron chi connectivity index (χ0n) is 15.2. The lowest BCUT2D eigenvalue weighted by Gasteiger charge is -2.09. The van der Waals surface area contributed by atoms with Crippen molar-refractivity contribution in [3.63, 3.8) is 0 Å². The summed E-state index contributed by atoms with van der Waals surface area (Å²) in [7, 11) is 0. The molecule has 1 N–H and O–H groups in total. The lowest BCUT2D eigenvalue weighted by Crippen LogP contribution is -2.24. The highest BCUT2D eigenvalue weighted by Crippen LogP contribution is 2.28. The van der Waals surface area contributed by atoms with Crippen LogP contribution in [0.5, 0.6) is 0 Å². The zero-order valence-corrected chi connectivity index (χ0v) is 16.0. The molecule has 0 aliphatic rings. The summed E-state index contributed by atoms with van der Waals surface area (Å²) in [4.78, 5) is 21.7. The number of carbonyl (C=O) groups excluding carboxylic acids is 1. The molecule has 0 fully saturated rings. The van der Waals surface area contributed by atoms with Crippen molar-refractivity contribution in [2.75, 3.05) is 5.75 Å². The fourth-order valence-corrected chi connectivity index (χ4v) is 3.70. The number of rotatable bonds is 6. The van der Waals surface area contributed by atoms with Gasteiger partial charge in [-0.25, -0.2) is 9.97 Å².